The van der Waals surface area contributed by atoms with Gasteiger partial charge in [-0.15, -0.1) is 0 Å². The number of benzene rings is 1. The molecule has 1 fully saturated rings. The van der Waals surface area contributed by atoms with E-state index in [0.717, 1.165) is 42.6 Å². The Labute approximate surface area is 175 Å². The van der Waals surface area contributed by atoms with Crippen molar-refractivity contribution in [3.8, 4) is 0 Å². The first-order chi connectivity index (χ1) is 14.7. The fourth-order valence-electron chi connectivity index (χ4n) is 4.47. The SMILES string of the molecule is O=C(Nc1ccc(C(=O)N2Cc3cccn3Cc3ccoc32)cc1)C1CCCCC1. The number of aromatic nitrogens is 1. The highest BCUT2D eigenvalue weighted by Gasteiger charge is 2.27. The number of carbonyl (C=O) groups excluding carboxylic acids is 2. The second-order valence-corrected chi connectivity index (χ2v) is 8.17. The third-order valence-corrected chi connectivity index (χ3v) is 6.17. The van der Waals surface area contributed by atoms with Crippen molar-refractivity contribution in [3.63, 3.8) is 0 Å². The number of nitrogens with zero attached hydrogens (tertiary/aromatic N) is 2. The van der Waals surface area contributed by atoms with Gasteiger partial charge in [0.1, 0.15) is 0 Å². The molecule has 6 heteroatoms. The molecule has 0 spiro atoms. The molecular formula is C24H25N3O3. The van der Waals surface area contributed by atoms with Crippen LogP contribution >= 0.6 is 0 Å². The van der Waals surface area contributed by atoms with Crippen LogP contribution in [0.15, 0.2) is 59.3 Å². The molecule has 0 unspecified atom stereocenters. The van der Waals surface area contributed by atoms with Gasteiger partial charge in [-0.2, -0.15) is 0 Å². The molecule has 0 atom stereocenters. The maximum absolute atomic E-state index is 13.3. The highest BCUT2D eigenvalue weighted by molar-refractivity contribution is 6.06. The molecule has 0 bridgehead atoms. The Bertz CT molecular complexity index is 1060. The van der Waals surface area contributed by atoms with Gasteiger partial charge in [-0.1, -0.05) is 19.3 Å². The highest BCUT2D eigenvalue weighted by atomic mass is 16.3. The Balaban J connectivity index is 1.33. The number of carbonyl (C=O) groups is 2. The van der Waals surface area contributed by atoms with Crippen LogP contribution < -0.4 is 10.2 Å². The van der Waals surface area contributed by atoms with Gasteiger partial charge in [0.2, 0.25) is 11.8 Å². The van der Waals surface area contributed by atoms with Crippen LogP contribution in [-0.2, 0) is 17.9 Å². The van der Waals surface area contributed by atoms with Gasteiger partial charge in [0.25, 0.3) is 5.91 Å². The third kappa shape index (κ3) is 3.54. The number of nitrogens with one attached hydrogen (secondary N) is 1. The van der Waals surface area contributed by atoms with Gasteiger partial charge in [0, 0.05) is 34.6 Å². The van der Waals surface area contributed by atoms with Crippen molar-refractivity contribution in [2.45, 2.75) is 45.2 Å². The van der Waals surface area contributed by atoms with Gasteiger partial charge in [-0.3, -0.25) is 14.5 Å². The average molecular weight is 403 g/mol. The van der Waals surface area contributed by atoms with Crippen LogP contribution in [0, 0.1) is 5.92 Å². The predicted octanol–water partition coefficient (Wildman–Crippen LogP) is 4.81. The second-order valence-electron chi connectivity index (χ2n) is 8.17. The van der Waals surface area contributed by atoms with Crippen LogP contribution in [0.4, 0.5) is 11.6 Å². The van der Waals surface area contributed by atoms with E-state index in [1.807, 2.05) is 24.4 Å². The number of hydrogen-bond acceptors (Lipinski definition) is 3. The molecule has 3 heterocycles. The molecule has 2 amide bonds. The smallest absolute Gasteiger partial charge is 0.260 e. The minimum absolute atomic E-state index is 0.0854. The fraction of sp³-hybridized carbons (Fsp3) is 0.333. The van der Waals surface area contributed by atoms with E-state index in [9.17, 15) is 9.59 Å². The number of hydrogen-bond donors (Lipinski definition) is 1. The van der Waals surface area contributed by atoms with E-state index in [-0.39, 0.29) is 17.7 Å². The molecule has 1 aromatic carbocycles. The molecule has 1 aliphatic carbocycles. The first-order valence-electron chi connectivity index (χ1n) is 10.6. The first-order valence-corrected chi connectivity index (χ1v) is 10.6. The molecule has 6 nitrogen and oxygen atoms in total. The lowest BCUT2D eigenvalue weighted by molar-refractivity contribution is -0.120. The first kappa shape index (κ1) is 18.7. The number of fused-ring (bicyclic) bond motifs is 2. The van der Waals surface area contributed by atoms with Crippen molar-refractivity contribution in [1.29, 1.82) is 0 Å². The summed E-state index contributed by atoms with van der Waals surface area (Å²) < 4.78 is 7.80. The molecule has 2 aromatic heterocycles. The molecule has 1 aliphatic heterocycles. The van der Waals surface area contributed by atoms with Gasteiger partial charge in [0.05, 0.1) is 19.4 Å². The van der Waals surface area contributed by atoms with E-state index in [2.05, 4.69) is 9.88 Å². The number of amides is 2. The molecule has 154 valence electrons. The average Bonchev–Trinajstić information content (AvgIpc) is 3.40. The van der Waals surface area contributed by atoms with Crippen molar-refractivity contribution in [3.05, 3.63) is 71.7 Å². The Hall–Kier alpha value is -3.28. The topological polar surface area (TPSA) is 67.5 Å². The van der Waals surface area contributed by atoms with Gasteiger partial charge < -0.3 is 14.3 Å². The summed E-state index contributed by atoms with van der Waals surface area (Å²) in [4.78, 5) is 27.4. The van der Waals surface area contributed by atoms with E-state index in [1.165, 1.54) is 6.42 Å². The fourth-order valence-corrected chi connectivity index (χ4v) is 4.47. The van der Waals surface area contributed by atoms with E-state index in [1.54, 1.807) is 35.4 Å². The Kier molecular flexibility index (Phi) is 4.91. The summed E-state index contributed by atoms with van der Waals surface area (Å²) in [6.45, 7) is 1.14. The molecule has 0 radical (unpaired) electrons. The summed E-state index contributed by atoms with van der Waals surface area (Å²) in [5, 5.41) is 3.00. The molecular weight excluding hydrogens is 378 g/mol. The molecule has 3 aromatic rings. The predicted molar refractivity (Wildman–Crippen MR) is 114 cm³/mol. The number of anilines is 2. The summed E-state index contributed by atoms with van der Waals surface area (Å²) in [6, 6.07) is 13.1. The van der Waals surface area contributed by atoms with E-state index >= 15 is 0 Å². The molecule has 30 heavy (non-hydrogen) atoms. The van der Waals surface area contributed by atoms with E-state index in [0.29, 0.717) is 24.5 Å². The van der Waals surface area contributed by atoms with Crippen LogP contribution in [0.5, 0.6) is 0 Å². The zero-order chi connectivity index (χ0) is 20.5. The minimum atomic E-state index is -0.119. The monoisotopic (exact) mass is 403 g/mol. The minimum Gasteiger partial charge on any atom is -0.448 e. The summed E-state index contributed by atoms with van der Waals surface area (Å²) in [5.74, 6) is 0.664. The van der Waals surface area contributed by atoms with Crippen molar-refractivity contribution in [1.82, 2.24) is 4.57 Å². The molecule has 5 rings (SSSR count). The van der Waals surface area contributed by atoms with Crippen LogP contribution in [0.25, 0.3) is 0 Å². The normalized spacial score (nSPS) is 16.5. The lowest BCUT2D eigenvalue weighted by atomic mass is 9.88. The van der Waals surface area contributed by atoms with E-state index < -0.39 is 0 Å². The highest BCUT2D eigenvalue weighted by Crippen LogP contribution is 2.30. The van der Waals surface area contributed by atoms with Crippen LogP contribution in [0.1, 0.15) is 53.7 Å². The van der Waals surface area contributed by atoms with E-state index in [4.69, 9.17) is 4.42 Å². The zero-order valence-electron chi connectivity index (χ0n) is 16.8. The van der Waals surface area contributed by atoms with Gasteiger partial charge in [-0.05, 0) is 55.3 Å². The Morgan fingerprint density at radius 3 is 2.57 bits per heavy atom. The second kappa shape index (κ2) is 7.86. The van der Waals surface area contributed by atoms with Gasteiger partial charge in [-0.25, -0.2) is 0 Å². The summed E-state index contributed by atoms with van der Waals surface area (Å²) in [7, 11) is 0. The van der Waals surface area contributed by atoms with Crippen molar-refractivity contribution in [2.75, 3.05) is 10.2 Å². The summed E-state index contributed by atoms with van der Waals surface area (Å²) in [5.41, 5.74) is 3.33. The lowest BCUT2D eigenvalue weighted by Crippen LogP contribution is -2.30. The standard InChI is InChI=1S/C24H25N3O3/c28-22(17-5-2-1-3-6-17)25-20-10-8-18(9-11-20)23(29)27-16-21-7-4-13-26(21)15-19-12-14-30-24(19)27/h4,7-14,17H,1-3,5-6,15-16H2,(H,25,28). The maximum Gasteiger partial charge on any atom is 0.260 e. The summed E-state index contributed by atoms with van der Waals surface area (Å²) in [6.07, 6.45) is 9.04. The molecule has 0 saturated heterocycles. The van der Waals surface area contributed by atoms with Gasteiger partial charge in [0.15, 0.2) is 0 Å². The molecule has 1 N–H and O–H groups in total. The maximum atomic E-state index is 13.3. The molecule has 2 aliphatic rings. The summed E-state index contributed by atoms with van der Waals surface area (Å²) >= 11 is 0. The van der Waals surface area contributed by atoms with Crippen LogP contribution in [-0.4, -0.2) is 16.4 Å². The van der Waals surface area contributed by atoms with Crippen molar-refractivity contribution < 1.29 is 14.0 Å². The Morgan fingerprint density at radius 2 is 1.77 bits per heavy atom. The largest absolute Gasteiger partial charge is 0.448 e. The van der Waals surface area contributed by atoms with Gasteiger partial charge >= 0.3 is 0 Å². The molecule has 1 saturated carbocycles. The third-order valence-electron chi connectivity index (χ3n) is 6.17. The Morgan fingerprint density at radius 1 is 0.967 bits per heavy atom. The van der Waals surface area contributed by atoms with Crippen LogP contribution in [0.3, 0.4) is 0 Å². The van der Waals surface area contributed by atoms with Crippen molar-refractivity contribution in [2.24, 2.45) is 5.92 Å². The number of rotatable bonds is 3. The lowest BCUT2D eigenvalue weighted by Gasteiger charge is -2.21. The van der Waals surface area contributed by atoms with Crippen LogP contribution in [0.2, 0.25) is 0 Å². The van der Waals surface area contributed by atoms with Crippen molar-refractivity contribution >= 4 is 23.4 Å². The number of furan rings is 1. The zero-order valence-corrected chi connectivity index (χ0v) is 16.8. The quantitative estimate of drug-likeness (QED) is 0.682.